The lowest BCUT2D eigenvalue weighted by molar-refractivity contribution is -0.296. The minimum absolute atomic E-state index is 0.0638. The molecule has 0 unspecified atom stereocenters. The number of tetrazole rings is 1. The number of aromatic nitrogens is 6. The minimum Gasteiger partial charge on any atom is -0.541 e. The van der Waals surface area contributed by atoms with Crippen LogP contribution in [0, 0.1) is 0 Å². The number of carboxylic acids is 1. The highest BCUT2D eigenvalue weighted by atomic mass is 16.4. The third-order valence-electron chi connectivity index (χ3n) is 9.56. The molecule has 10 nitrogen and oxygen atoms in total. The van der Waals surface area contributed by atoms with E-state index in [1.54, 1.807) is 36.8 Å². The number of carbonyl (C=O) groups excluding carboxylic acids is 2. The van der Waals surface area contributed by atoms with Crippen LogP contribution >= 0.6 is 0 Å². The second kappa shape index (κ2) is 14.8. The topological polar surface area (TPSA) is 139 Å². The van der Waals surface area contributed by atoms with Crippen LogP contribution in [0.4, 0.5) is 0 Å². The maximum Gasteiger partial charge on any atom is 0.223 e. The maximum atomic E-state index is 12.4. The van der Waals surface area contributed by atoms with E-state index in [2.05, 4.69) is 43.3 Å². The lowest BCUT2D eigenvalue weighted by atomic mass is 9.77. The van der Waals surface area contributed by atoms with Crippen LogP contribution < -0.4 is 5.11 Å². The SMILES string of the molecule is CCCc1nc(C(C)(C)O)c(-c2nnn(C(c3ccccc3)(c3ccccc3)c3ccccc3)n2)n1Cc1ccc(-c2ccccc2C(=O)C(=O)[O-])cc1. The van der Waals surface area contributed by atoms with Gasteiger partial charge in [0.25, 0.3) is 0 Å². The Morgan fingerprint density at radius 1 is 0.741 bits per heavy atom. The van der Waals surface area contributed by atoms with Crippen LogP contribution in [0.1, 0.15) is 71.3 Å². The van der Waals surface area contributed by atoms with E-state index in [1.807, 2.05) is 83.4 Å². The lowest BCUT2D eigenvalue weighted by Gasteiger charge is -2.34. The quantitative estimate of drug-likeness (QED) is 0.0846. The Balaban J connectivity index is 1.38. The zero-order valence-corrected chi connectivity index (χ0v) is 30.3. The number of benzene rings is 5. The van der Waals surface area contributed by atoms with Crippen LogP contribution in [0.3, 0.4) is 0 Å². The highest BCUT2D eigenvalue weighted by molar-refractivity contribution is 6.40. The van der Waals surface area contributed by atoms with E-state index in [0.29, 0.717) is 41.3 Å². The molecule has 0 aliphatic rings. The molecule has 7 aromatic rings. The van der Waals surface area contributed by atoms with Crippen molar-refractivity contribution in [1.29, 1.82) is 0 Å². The van der Waals surface area contributed by atoms with Gasteiger partial charge in [-0.15, -0.1) is 15.0 Å². The molecule has 0 atom stereocenters. The standard InChI is InChI=1S/C44H40N6O4/c1-4-16-37-45-40(43(2,3)54)38(49(37)29-30-25-27-31(28-26-30)35-23-14-15-24-36(35)39(51)42(52)53)41-46-48-50(47-41)44(32-17-8-5-9-18-32,33-19-10-6-11-20-33)34-21-12-7-13-22-34/h5-15,17-28,54H,4,16,29H2,1-3H3,(H,52,53)/p-1. The molecule has 0 saturated heterocycles. The monoisotopic (exact) mass is 715 g/mol. The first-order valence-corrected chi connectivity index (χ1v) is 17.9. The van der Waals surface area contributed by atoms with Gasteiger partial charge in [0.1, 0.15) is 28.8 Å². The Labute approximate surface area is 313 Å². The lowest BCUT2D eigenvalue weighted by Crippen LogP contribution is -2.39. The molecule has 0 saturated carbocycles. The first-order chi connectivity index (χ1) is 26.1. The van der Waals surface area contributed by atoms with Gasteiger partial charge in [-0.05, 0) is 58.9 Å². The third-order valence-corrected chi connectivity index (χ3v) is 9.56. The first kappa shape index (κ1) is 35.9. The Kier molecular flexibility index (Phi) is 9.86. The Hall–Kier alpha value is -6.52. The fourth-order valence-electron chi connectivity index (χ4n) is 7.09. The average molecular weight is 716 g/mol. The Morgan fingerprint density at radius 3 is 1.80 bits per heavy atom. The van der Waals surface area contributed by atoms with Crippen LogP contribution in [0.2, 0.25) is 0 Å². The van der Waals surface area contributed by atoms with Crippen molar-refractivity contribution >= 4 is 11.8 Å². The Bertz CT molecular complexity index is 2300. The summed E-state index contributed by atoms with van der Waals surface area (Å²) >= 11 is 0. The summed E-state index contributed by atoms with van der Waals surface area (Å²) in [6.07, 6.45) is 1.44. The van der Waals surface area contributed by atoms with E-state index in [1.165, 1.54) is 6.07 Å². The molecule has 54 heavy (non-hydrogen) atoms. The highest BCUT2D eigenvalue weighted by Gasteiger charge is 2.42. The van der Waals surface area contributed by atoms with E-state index in [0.717, 1.165) is 34.5 Å². The first-order valence-electron chi connectivity index (χ1n) is 17.9. The molecule has 0 spiro atoms. The molecular formula is C44H39N6O4-. The van der Waals surface area contributed by atoms with E-state index in [4.69, 9.17) is 20.4 Å². The van der Waals surface area contributed by atoms with Gasteiger partial charge < -0.3 is 19.6 Å². The van der Waals surface area contributed by atoms with E-state index in [-0.39, 0.29) is 5.56 Å². The van der Waals surface area contributed by atoms with Crippen molar-refractivity contribution in [1.82, 2.24) is 29.8 Å². The Morgan fingerprint density at radius 2 is 1.28 bits per heavy atom. The van der Waals surface area contributed by atoms with Gasteiger partial charge in [-0.3, -0.25) is 4.79 Å². The fourth-order valence-corrected chi connectivity index (χ4v) is 7.09. The number of aliphatic carboxylic acids is 1. The van der Waals surface area contributed by atoms with Crippen molar-refractivity contribution in [2.45, 2.75) is 51.3 Å². The highest BCUT2D eigenvalue weighted by Crippen LogP contribution is 2.40. The van der Waals surface area contributed by atoms with Crippen molar-refractivity contribution in [3.05, 3.63) is 179 Å². The van der Waals surface area contributed by atoms with Crippen molar-refractivity contribution < 1.29 is 19.8 Å². The number of hydrogen-bond donors (Lipinski definition) is 1. The molecule has 5 aromatic carbocycles. The number of Topliss-reactive ketones (excluding diaryl/α,β-unsaturated/α-hetero) is 1. The average Bonchev–Trinajstić information content (AvgIpc) is 3.82. The van der Waals surface area contributed by atoms with Gasteiger partial charge >= 0.3 is 0 Å². The van der Waals surface area contributed by atoms with Gasteiger partial charge in [0, 0.05) is 18.5 Å². The number of ketones is 1. The zero-order valence-electron chi connectivity index (χ0n) is 30.3. The van der Waals surface area contributed by atoms with Gasteiger partial charge in [-0.25, -0.2) is 4.98 Å². The number of nitrogens with zero attached hydrogens (tertiary/aromatic N) is 6. The summed E-state index contributed by atoms with van der Waals surface area (Å²) in [5.74, 6) is -1.76. The summed E-state index contributed by atoms with van der Waals surface area (Å²) in [6, 6.07) is 44.4. The van der Waals surface area contributed by atoms with Crippen molar-refractivity contribution in [3.8, 4) is 22.6 Å². The van der Waals surface area contributed by atoms with Gasteiger partial charge in [-0.1, -0.05) is 146 Å². The van der Waals surface area contributed by atoms with Gasteiger partial charge in [0.2, 0.25) is 11.6 Å². The predicted molar refractivity (Wildman–Crippen MR) is 203 cm³/mol. The van der Waals surface area contributed by atoms with Gasteiger partial charge in [-0.2, -0.15) is 0 Å². The van der Waals surface area contributed by atoms with Crippen LogP contribution in [-0.2, 0) is 28.9 Å². The number of carbonyl (C=O) groups is 2. The summed E-state index contributed by atoms with van der Waals surface area (Å²) in [5.41, 5.74) is 3.62. The number of aryl methyl sites for hydroxylation is 1. The fraction of sp³-hybridized carbons (Fsp3) is 0.182. The summed E-state index contributed by atoms with van der Waals surface area (Å²) in [5, 5.41) is 37.6. The number of imidazole rings is 1. The minimum atomic E-state index is -1.75. The molecule has 2 heterocycles. The van der Waals surface area contributed by atoms with Crippen molar-refractivity contribution in [3.63, 3.8) is 0 Å². The molecule has 1 N–H and O–H groups in total. The molecule has 0 radical (unpaired) electrons. The van der Waals surface area contributed by atoms with E-state index >= 15 is 0 Å². The molecular weight excluding hydrogens is 677 g/mol. The van der Waals surface area contributed by atoms with Crippen LogP contribution in [0.25, 0.3) is 22.6 Å². The van der Waals surface area contributed by atoms with Gasteiger partial charge in [0.15, 0.2) is 5.54 Å². The molecule has 0 fully saturated rings. The second-order valence-corrected chi connectivity index (χ2v) is 13.7. The largest absolute Gasteiger partial charge is 0.541 e. The molecule has 0 amide bonds. The summed E-state index contributed by atoms with van der Waals surface area (Å²) in [6.45, 7) is 5.84. The van der Waals surface area contributed by atoms with E-state index < -0.39 is 22.9 Å². The number of rotatable bonds is 13. The molecule has 0 aliphatic heterocycles. The molecule has 0 aliphatic carbocycles. The third kappa shape index (κ3) is 6.63. The van der Waals surface area contributed by atoms with Crippen LogP contribution in [0.15, 0.2) is 140 Å². The molecule has 10 heteroatoms. The number of aliphatic hydroxyl groups is 1. The molecule has 0 bridgehead atoms. The van der Waals surface area contributed by atoms with Crippen LogP contribution in [-0.4, -0.2) is 46.6 Å². The summed E-state index contributed by atoms with van der Waals surface area (Å²) in [7, 11) is 0. The smallest absolute Gasteiger partial charge is 0.223 e. The molecule has 270 valence electrons. The zero-order chi connectivity index (χ0) is 37.9. The molecule has 2 aromatic heterocycles. The van der Waals surface area contributed by atoms with E-state index in [9.17, 15) is 19.8 Å². The normalized spacial score (nSPS) is 11.8. The second-order valence-electron chi connectivity index (χ2n) is 13.7. The van der Waals surface area contributed by atoms with Crippen molar-refractivity contribution in [2.75, 3.05) is 0 Å². The molecule has 7 rings (SSSR count). The number of carboxylic acid groups (broad SMARTS) is 1. The predicted octanol–water partition coefficient (Wildman–Crippen LogP) is 6.20. The van der Waals surface area contributed by atoms with Crippen LogP contribution in [0.5, 0.6) is 0 Å². The van der Waals surface area contributed by atoms with Gasteiger partial charge in [0.05, 0.1) is 0 Å². The van der Waals surface area contributed by atoms with Crippen molar-refractivity contribution in [2.24, 2.45) is 0 Å². The maximum absolute atomic E-state index is 12.4. The summed E-state index contributed by atoms with van der Waals surface area (Å²) < 4.78 is 2.04. The summed E-state index contributed by atoms with van der Waals surface area (Å²) in [4.78, 5) is 30.5. The number of hydrogen-bond acceptors (Lipinski definition) is 8.